The Morgan fingerprint density at radius 3 is 2.61 bits per heavy atom. The first-order valence-electron chi connectivity index (χ1n) is 9.65. The van der Waals surface area contributed by atoms with Crippen molar-refractivity contribution in [1.82, 2.24) is 10.6 Å². The van der Waals surface area contributed by atoms with E-state index in [4.69, 9.17) is 4.74 Å². The average molecular weight is 383 g/mol. The lowest BCUT2D eigenvalue weighted by atomic mass is 10.1. The molecule has 2 rings (SSSR count). The van der Waals surface area contributed by atoms with Crippen LogP contribution in [0.25, 0.3) is 0 Å². The predicted molar refractivity (Wildman–Crippen MR) is 112 cm³/mol. The molecule has 0 radical (unpaired) electrons. The molecule has 0 saturated heterocycles. The quantitative estimate of drug-likeness (QED) is 0.564. The fourth-order valence-electron chi connectivity index (χ4n) is 2.53. The first kappa shape index (κ1) is 21.3. The molecule has 0 aliphatic carbocycles. The molecule has 150 valence electrons. The molecular weight excluding hydrogens is 354 g/mol. The van der Waals surface area contributed by atoms with Gasteiger partial charge in [0.2, 0.25) is 0 Å². The topological polar surface area (TPSA) is 79.5 Å². The van der Waals surface area contributed by atoms with Crippen molar-refractivity contribution in [2.45, 2.75) is 46.2 Å². The third-order valence-electron chi connectivity index (χ3n) is 3.92. The molecule has 0 atom stereocenters. The lowest BCUT2D eigenvalue weighted by molar-refractivity contribution is 0.0951. The summed E-state index contributed by atoms with van der Waals surface area (Å²) < 4.78 is 5.70. The molecule has 0 unspecified atom stereocenters. The van der Waals surface area contributed by atoms with Gasteiger partial charge in [0.25, 0.3) is 5.91 Å². The summed E-state index contributed by atoms with van der Waals surface area (Å²) in [6, 6.07) is 14.3. The van der Waals surface area contributed by atoms with Crippen molar-refractivity contribution in [3.05, 3.63) is 59.7 Å². The van der Waals surface area contributed by atoms with Crippen LogP contribution < -0.4 is 20.7 Å². The molecule has 0 bridgehead atoms. The SMILES string of the molecule is CCCCOc1cccc(CNC(=O)c2cccc(NC(=O)NC(C)C)c2)c1. The molecule has 28 heavy (non-hydrogen) atoms. The molecule has 2 aromatic carbocycles. The zero-order valence-corrected chi connectivity index (χ0v) is 16.7. The van der Waals surface area contributed by atoms with Crippen LogP contribution in [0.3, 0.4) is 0 Å². The van der Waals surface area contributed by atoms with Gasteiger partial charge in [-0.25, -0.2) is 4.79 Å². The fourth-order valence-corrected chi connectivity index (χ4v) is 2.53. The van der Waals surface area contributed by atoms with Crippen molar-refractivity contribution in [1.29, 1.82) is 0 Å². The molecule has 0 fully saturated rings. The first-order valence-corrected chi connectivity index (χ1v) is 9.65. The van der Waals surface area contributed by atoms with Crippen molar-refractivity contribution < 1.29 is 14.3 Å². The maximum absolute atomic E-state index is 12.5. The van der Waals surface area contributed by atoms with Crippen LogP contribution >= 0.6 is 0 Å². The molecule has 0 heterocycles. The van der Waals surface area contributed by atoms with Gasteiger partial charge in [-0.2, -0.15) is 0 Å². The second-order valence-corrected chi connectivity index (χ2v) is 6.87. The van der Waals surface area contributed by atoms with Crippen LogP contribution in [0.2, 0.25) is 0 Å². The van der Waals surface area contributed by atoms with Gasteiger partial charge in [-0.1, -0.05) is 31.5 Å². The molecule has 6 nitrogen and oxygen atoms in total. The van der Waals surface area contributed by atoms with E-state index in [-0.39, 0.29) is 18.0 Å². The minimum atomic E-state index is -0.299. The Labute approximate surface area is 166 Å². The number of amides is 3. The standard InChI is InChI=1S/C22H29N3O3/c1-4-5-12-28-20-11-6-8-17(13-20)15-23-21(26)18-9-7-10-19(14-18)25-22(27)24-16(2)3/h6-11,13-14,16H,4-5,12,15H2,1-3H3,(H,23,26)(H2,24,25,27). The molecule has 3 amide bonds. The van der Waals surface area contributed by atoms with Crippen LogP contribution in [0.1, 0.15) is 49.5 Å². The number of hydrogen-bond donors (Lipinski definition) is 3. The number of urea groups is 1. The predicted octanol–water partition coefficient (Wildman–Crippen LogP) is 4.33. The highest BCUT2D eigenvalue weighted by molar-refractivity contribution is 5.96. The van der Waals surface area contributed by atoms with Crippen LogP contribution in [0.4, 0.5) is 10.5 Å². The zero-order chi connectivity index (χ0) is 20.4. The van der Waals surface area contributed by atoms with E-state index in [2.05, 4.69) is 22.9 Å². The number of carbonyl (C=O) groups is 2. The third kappa shape index (κ3) is 7.31. The number of benzene rings is 2. The minimum absolute atomic E-state index is 0.0354. The summed E-state index contributed by atoms with van der Waals surface area (Å²) in [6.07, 6.45) is 2.10. The molecule has 0 saturated carbocycles. The molecule has 2 aromatic rings. The summed E-state index contributed by atoms with van der Waals surface area (Å²) in [5, 5.41) is 8.37. The summed E-state index contributed by atoms with van der Waals surface area (Å²) in [5.74, 6) is 0.604. The van der Waals surface area contributed by atoms with E-state index in [9.17, 15) is 9.59 Å². The largest absolute Gasteiger partial charge is 0.494 e. The van der Waals surface area contributed by atoms with Crippen LogP contribution in [0, 0.1) is 0 Å². The van der Waals surface area contributed by atoms with Gasteiger partial charge < -0.3 is 20.7 Å². The first-order chi connectivity index (χ1) is 13.5. The Balaban J connectivity index is 1.92. The summed E-state index contributed by atoms with van der Waals surface area (Å²) >= 11 is 0. The highest BCUT2D eigenvalue weighted by Gasteiger charge is 2.09. The zero-order valence-electron chi connectivity index (χ0n) is 16.7. The van der Waals surface area contributed by atoms with Crippen molar-refractivity contribution in [3.63, 3.8) is 0 Å². The van der Waals surface area contributed by atoms with E-state index in [1.165, 1.54) is 0 Å². The van der Waals surface area contributed by atoms with Gasteiger partial charge in [-0.05, 0) is 56.2 Å². The number of carbonyl (C=O) groups excluding carboxylic acids is 2. The molecule has 0 aliphatic heterocycles. The molecule has 0 aliphatic rings. The Bertz CT molecular complexity index is 790. The smallest absolute Gasteiger partial charge is 0.319 e. The van der Waals surface area contributed by atoms with Crippen LogP contribution in [0.15, 0.2) is 48.5 Å². The van der Waals surface area contributed by atoms with E-state index < -0.39 is 0 Å². The van der Waals surface area contributed by atoms with E-state index >= 15 is 0 Å². The average Bonchev–Trinajstić information content (AvgIpc) is 2.66. The Kier molecular flexibility index (Phi) is 8.34. The maximum Gasteiger partial charge on any atom is 0.319 e. The second kappa shape index (κ2) is 11.0. The van der Waals surface area contributed by atoms with Gasteiger partial charge in [0.05, 0.1) is 6.61 Å². The Hall–Kier alpha value is -3.02. The van der Waals surface area contributed by atoms with Crippen molar-refractivity contribution in [3.8, 4) is 5.75 Å². The number of anilines is 1. The van der Waals surface area contributed by atoms with E-state index in [1.807, 2.05) is 38.1 Å². The van der Waals surface area contributed by atoms with Gasteiger partial charge in [0.15, 0.2) is 0 Å². The number of ether oxygens (including phenoxy) is 1. The van der Waals surface area contributed by atoms with E-state index in [0.29, 0.717) is 24.4 Å². The lowest BCUT2D eigenvalue weighted by Crippen LogP contribution is -2.34. The summed E-state index contributed by atoms with van der Waals surface area (Å²) in [5.41, 5.74) is 2.02. The molecule has 0 aromatic heterocycles. The van der Waals surface area contributed by atoms with Gasteiger partial charge in [-0.15, -0.1) is 0 Å². The van der Waals surface area contributed by atoms with E-state index in [1.54, 1.807) is 24.3 Å². The Morgan fingerprint density at radius 2 is 1.86 bits per heavy atom. The van der Waals surface area contributed by atoms with Crippen molar-refractivity contribution >= 4 is 17.6 Å². The summed E-state index contributed by atoms with van der Waals surface area (Å²) in [7, 11) is 0. The monoisotopic (exact) mass is 383 g/mol. The van der Waals surface area contributed by atoms with Crippen molar-refractivity contribution in [2.75, 3.05) is 11.9 Å². The third-order valence-corrected chi connectivity index (χ3v) is 3.92. The van der Waals surface area contributed by atoms with E-state index in [0.717, 1.165) is 24.2 Å². The molecule has 0 spiro atoms. The highest BCUT2D eigenvalue weighted by Crippen LogP contribution is 2.15. The van der Waals surface area contributed by atoms with Crippen LogP contribution in [0.5, 0.6) is 5.75 Å². The number of rotatable bonds is 9. The Morgan fingerprint density at radius 1 is 1.07 bits per heavy atom. The molecular formula is C22H29N3O3. The van der Waals surface area contributed by atoms with Gasteiger partial charge >= 0.3 is 6.03 Å². The van der Waals surface area contributed by atoms with Crippen LogP contribution in [-0.4, -0.2) is 24.6 Å². The number of nitrogens with one attached hydrogen (secondary N) is 3. The number of unbranched alkanes of at least 4 members (excludes halogenated alkanes) is 1. The van der Waals surface area contributed by atoms with Gasteiger partial charge in [-0.3, -0.25) is 4.79 Å². The fraction of sp³-hybridized carbons (Fsp3) is 0.364. The number of hydrogen-bond acceptors (Lipinski definition) is 3. The van der Waals surface area contributed by atoms with Gasteiger partial charge in [0.1, 0.15) is 5.75 Å². The molecule has 3 N–H and O–H groups in total. The van der Waals surface area contributed by atoms with Crippen LogP contribution in [-0.2, 0) is 6.54 Å². The summed E-state index contributed by atoms with van der Waals surface area (Å²) in [6.45, 7) is 6.98. The lowest BCUT2D eigenvalue weighted by Gasteiger charge is -2.11. The normalized spacial score (nSPS) is 10.4. The second-order valence-electron chi connectivity index (χ2n) is 6.87. The minimum Gasteiger partial charge on any atom is -0.494 e. The summed E-state index contributed by atoms with van der Waals surface area (Å²) in [4.78, 5) is 24.3. The molecule has 6 heteroatoms. The van der Waals surface area contributed by atoms with Gasteiger partial charge in [0, 0.05) is 23.8 Å². The maximum atomic E-state index is 12.5. The van der Waals surface area contributed by atoms with Crippen molar-refractivity contribution in [2.24, 2.45) is 0 Å². The highest BCUT2D eigenvalue weighted by atomic mass is 16.5.